The van der Waals surface area contributed by atoms with Gasteiger partial charge in [0.2, 0.25) is 0 Å². The SMILES string of the molecule is Cc1ccc(C)c(N2Cc3c(N)cccc3C2=O)c1. The van der Waals surface area contributed by atoms with Gasteiger partial charge >= 0.3 is 0 Å². The molecule has 0 atom stereocenters. The number of nitrogens with two attached hydrogens (primary N) is 1. The van der Waals surface area contributed by atoms with E-state index in [2.05, 4.69) is 12.1 Å². The number of carbonyl (C=O) groups is 1. The summed E-state index contributed by atoms with van der Waals surface area (Å²) in [5.41, 5.74) is 11.5. The molecule has 2 N–H and O–H groups in total. The highest BCUT2D eigenvalue weighted by Crippen LogP contribution is 2.33. The number of aryl methyl sites for hydroxylation is 2. The van der Waals surface area contributed by atoms with Crippen LogP contribution in [0.25, 0.3) is 0 Å². The number of hydrogen-bond acceptors (Lipinski definition) is 2. The van der Waals surface area contributed by atoms with Crippen LogP contribution in [0, 0.1) is 13.8 Å². The molecule has 0 saturated carbocycles. The Kier molecular flexibility index (Phi) is 2.56. The molecule has 2 aromatic rings. The van der Waals surface area contributed by atoms with Crippen LogP contribution in [0.3, 0.4) is 0 Å². The van der Waals surface area contributed by atoms with Gasteiger partial charge in [0.05, 0.1) is 6.54 Å². The van der Waals surface area contributed by atoms with Crippen LogP contribution in [0.2, 0.25) is 0 Å². The Morgan fingerprint density at radius 2 is 1.95 bits per heavy atom. The van der Waals surface area contributed by atoms with Gasteiger partial charge in [-0.25, -0.2) is 0 Å². The van der Waals surface area contributed by atoms with Gasteiger partial charge in [-0.3, -0.25) is 4.79 Å². The first-order valence-corrected chi connectivity index (χ1v) is 6.34. The van der Waals surface area contributed by atoms with Crippen LogP contribution >= 0.6 is 0 Å². The Labute approximate surface area is 112 Å². The second-order valence-corrected chi connectivity index (χ2v) is 5.05. The van der Waals surface area contributed by atoms with Gasteiger partial charge in [-0.2, -0.15) is 0 Å². The average Bonchev–Trinajstić information content (AvgIpc) is 2.72. The third kappa shape index (κ3) is 1.78. The van der Waals surface area contributed by atoms with Gasteiger partial charge in [0.1, 0.15) is 0 Å². The van der Waals surface area contributed by atoms with Gasteiger partial charge in [0.25, 0.3) is 5.91 Å². The molecule has 2 aromatic carbocycles. The molecule has 0 unspecified atom stereocenters. The summed E-state index contributed by atoms with van der Waals surface area (Å²) in [6.45, 7) is 4.62. The third-order valence-corrected chi connectivity index (χ3v) is 3.66. The van der Waals surface area contributed by atoms with E-state index >= 15 is 0 Å². The molecule has 0 radical (unpaired) electrons. The number of benzene rings is 2. The standard InChI is InChI=1S/C16H16N2O/c1-10-6-7-11(2)15(8-10)18-9-13-12(16(18)19)4-3-5-14(13)17/h3-8H,9,17H2,1-2H3. The van der Waals surface area contributed by atoms with E-state index < -0.39 is 0 Å². The lowest BCUT2D eigenvalue weighted by Gasteiger charge is -2.19. The molecule has 0 spiro atoms. The molecule has 0 aromatic heterocycles. The van der Waals surface area contributed by atoms with E-state index in [4.69, 9.17) is 5.73 Å². The van der Waals surface area contributed by atoms with Crippen LogP contribution < -0.4 is 10.6 Å². The number of fused-ring (bicyclic) bond motifs is 1. The number of carbonyl (C=O) groups excluding carboxylic acids is 1. The predicted octanol–water partition coefficient (Wildman–Crippen LogP) is 3.05. The van der Waals surface area contributed by atoms with Crippen molar-refractivity contribution in [1.29, 1.82) is 0 Å². The highest BCUT2D eigenvalue weighted by atomic mass is 16.2. The second kappa shape index (κ2) is 4.12. The first kappa shape index (κ1) is 11.8. The maximum Gasteiger partial charge on any atom is 0.259 e. The average molecular weight is 252 g/mol. The minimum absolute atomic E-state index is 0.0380. The zero-order chi connectivity index (χ0) is 13.6. The molecule has 1 heterocycles. The number of anilines is 2. The van der Waals surface area contributed by atoms with Crippen molar-refractivity contribution in [2.45, 2.75) is 20.4 Å². The largest absolute Gasteiger partial charge is 0.398 e. The van der Waals surface area contributed by atoms with Crippen LogP contribution in [0.4, 0.5) is 11.4 Å². The van der Waals surface area contributed by atoms with E-state index in [0.717, 1.165) is 27.9 Å². The smallest absolute Gasteiger partial charge is 0.259 e. The number of nitrogen functional groups attached to an aromatic ring is 1. The number of amides is 1. The zero-order valence-electron chi connectivity index (χ0n) is 11.1. The molecule has 1 aliphatic heterocycles. The highest BCUT2D eigenvalue weighted by molar-refractivity contribution is 6.11. The first-order valence-electron chi connectivity index (χ1n) is 6.34. The lowest BCUT2D eigenvalue weighted by Crippen LogP contribution is -2.23. The van der Waals surface area contributed by atoms with Crippen molar-refractivity contribution in [3.63, 3.8) is 0 Å². The summed E-state index contributed by atoms with van der Waals surface area (Å²) in [7, 11) is 0. The van der Waals surface area contributed by atoms with Crippen LogP contribution in [-0.2, 0) is 6.54 Å². The minimum Gasteiger partial charge on any atom is -0.398 e. The number of hydrogen-bond donors (Lipinski definition) is 1. The van der Waals surface area contributed by atoms with Crippen molar-refractivity contribution in [2.24, 2.45) is 0 Å². The number of rotatable bonds is 1. The van der Waals surface area contributed by atoms with E-state index in [-0.39, 0.29) is 5.91 Å². The molecule has 0 aliphatic carbocycles. The Hall–Kier alpha value is -2.29. The van der Waals surface area contributed by atoms with Gasteiger partial charge in [-0.05, 0) is 43.2 Å². The summed E-state index contributed by atoms with van der Waals surface area (Å²) in [5, 5.41) is 0. The van der Waals surface area contributed by atoms with Crippen molar-refractivity contribution in [3.05, 3.63) is 58.7 Å². The first-order chi connectivity index (χ1) is 9.08. The lowest BCUT2D eigenvalue weighted by molar-refractivity contribution is 0.0996. The minimum atomic E-state index is 0.0380. The summed E-state index contributed by atoms with van der Waals surface area (Å²) in [5.74, 6) is 0.0380. The van der Waals surface area contributed by atoms with Crippen LogP contribution in [0.15, 0.2) is 36.4 Å². The molecule has 1 aliphatic rings. The fourth-order valence-electron chi connectivity index (χ4n) is 2.56. The second-order valence-electron chi connectivity index (χ2n) is 5.05. The quantitative estimate of drug-likeness (QED) is 0.793. The zero-order valence-corrected chi connectivity index (χ0v) is 11.1. The van der Waals surface area contributed by atoms with Crippen molar-refractivity contribution in [1.82, 2.24) is 0 Å². The summed E-state index contributed by atoms with van der Waals surface area (Å²) in [6, 6.07) is 11.7. The van der Waals surface area contributed by atoms with E-state index in [1.54, 1.807) is 0 Å². The summed E-state index contributed by atoms with van der Waals surface area (Å²) < 4.78 is 0. The maximum atomic E-state index is 12.5. The van der Waals surface area contributed by atoms with Gasteiger partial charge in [-0.1, -0.05) is 18.2 Å². The Bertz CT molecular complexity index is 676. The molecular weight excluding hydrogens is 236 g/mol. The van der Waals surface area contributed by atoms with Crippen molar-refractivity contribution in [3.8, 4) is 0 Å². The van der Waals surface area contributed by atoms with Gasteiger partial charge in [0, 0.05) is 22.5 Å². The molecule has 0 saturated heterocycles. The van der Waals surface area contributed by atoms with Gasteiger partial charge in [0.15, 0.2) is 0 Å². The van der Waals surface area contributed by atoms with E-state index in [0.29, 0.717) is 12.2 Å². The number of nitrogens with zero attached hydrogens (tertiary/aromatic N) is 1. The predicted molar refractivity (Wildman–Crippen MR) is 77.3 cm³/mol. The van der Waals surface area contributed by atoms with E-state index in [1.165, 1.54) is 0 Å². The van der Waals surface area contributed by atoms with Crippen molar-refractivity contribution < 1.29 is 4.79 Å². The molecule has 0 fully saturated rings. The van der Waals surface area contributed by atoms with Crippen molar-refractivity contribution >= 4 is 17.3 Å². The Morgan fingerprint density at radius 3 is 2.68 bits per heavy atom. The molecule has 96 valence electrons. The summed E-state index contributed by atoms with van der Waals surface area (Å²) in [6.07, 6.45) is 0. The molecule has 1 amide bonds. The molecule has 3 heteroatoms. The van der Waals surface area contributed by atoms with E-state index in [1.807, 2.05) is 43.0 Å². The van der Waals surface area contributed by atoms with Crippen molar-refractivity contribution in [2.75, 3.05) is 10.6 Å². The molecule has 0 bridgehead atoms. The normalized spacial score (nSPS) is 13.8. The summed E-state index contributed by atoms with van der Waals surface area (Å²) in [4.78, 5) is 14.3. The third-order valence-electron chi connectivity index (χ3n) is 3.66. The Balaban J connectivity index is 2.09. The molecule has 19 heavy (non-hydrogen) atoms. The molecular formula is C16H16N2O. The van der Waals surface area contributed by atoms with Crippen LogP contribution in [0.5, 0.6) is 0 Å². The highest BCUT2D eigenvalue weighted by Gasteiger charge is 2.30. The Morgan fingerprint density at radius 1 is 1.16 bits per heavy atom. The fraction of sp³-hybridized carbons (Fsp3) is 0.188. The van der Waals surface area contributed by atoms with Gasteiger partial charge < -0.3 is 10.6 Å². The monoisotopic (exact) mass is 252 g/mol. The maximum absolute atomic E-state index is 12.5. The van der Waals surface area contributed by atoms with E-state index in [9.17, 15) is 4.79 Å². The van der Waals surface area contributed by atoms with Gasteiger partial charge in [-0.15, -0.1) is 0 Å². The fourth-order valence-corrected chi connectivity index (χ4v) is 2.56. The van der Waals surface area contributed by atoms with Crippen LogP contribution in [0.1, 0.15) is 27.0 Å². The topological polar surface area (TPSA) is 46.3 Å². The van der Waals surface area contributed by atoms with Crippen LogP contribution in [-0.4, -0.2) is 5.91 Å². The summed E-state index contributed by atoms with van der Waals surface area (Å²) >= 11 is 0. The molecule has 3 rings (SSSR count). The lowest BCUT2D eigenvalue weighted by atomic mass is 10.1. The molecule has 3 nitrogen and oxygen atoms in total.